The maximum Gasteiger partial charge on any atom is 0.222 e. The molecule has 0 unspecified atom stereocenters. The van der Waals surface area contributed by atoms with E-state index in [4.69, 9.17) is 0 Å². The summed E-state index contributed by atoms with van der Waals surface area (Å²) in [6.45, 7) is 2.89. The maximum atomic E-state index is 12.2. The fourth-order valence-corrected chi connectivity index (χ4v) is 3.82. The van der Waals surface area contributed by atoms with Crippen LogP contribution in [-0.4, -0.2) is 17.9 Å². The first-order chi connectivity index (χ1) is 9.16. The molecule has 0 aromatic carbocycles. The van der Waals surface area contributed by atoms with E-state index in [1.165, 1.54) is 42.5 Å². The molecule has 106 valence electrons. The van der Waals surface area contributed by atoms with Gasteiger partial charge in [0.1, 0.15) is 0 Å². The molecule has 0 radical (unpaired) electrons. The molecule has 0 spiro atoms. The average molecular weight is 279 g/mol. The lowest BCUT2D eigenvalue weighted by molar-refractivity contribution is -0.130. The Balaban J connectivity index is 1.74. The predicted molar refractivity (Wildman–Crippen MR) is 81.3 cm³/mol. The van der Waals surface area contributed by atoms with Crippen molar-refractivity contribution < 1.29 is 4.79 Å². The second-order valence-corrected chi connectivity index (χ2v) is 6.82. The highest BCUT2D eigenvalue weighted by molar-refractivity contribution is 7.10. The molecule has 0 aliphatic heterocycles. The Kier molecular flexibility index (Phi) is 5.44. The van der Waals surface area contributed by atoms with Gasteiger partial charge >= 0.3 is 0 Å². The van der Waals surface area contributed by atoms with E-state index in [1.54, 1.807) is 11.3 Å². The van der Waals surface area contributed by atoms with Crippen LogP contribution in [0.25, 0.3) is 0 Å². The van der Waals surface area contributed by atoms with E-state index >= 15 is 0 Å². The molecule has 1 aliphatic rings. The number of carbonyl (C=O) groups is 1. The van der Waals surface area contributed by atoms with Gasteiger partial charge in [0.25, 0.3) is 0 Å². The van der Waals surface area contributed by atoms with Gasteiger partial charge < -0.3 is 4.90 Å². The van der Waals surface area contributed by atoms with Crippen LogP contribution in [0, 0.1) is 12.8 Å². The second kappa shape index (κ2) is 7.09. The molecule has 1 aliphatic carbocycles. The molecule has 2 rings (SSSR count). The number of nitrogens with zero attached hydrogens (tertiary/aromatic N) is 1. The van der Waals surface area contributed by atoms with Crippen LogP contribution in [0.5, 0.6) is 0 Å². The van der Waals surface area contributed by atoms with E-state index in [9.17, 15) is 4.79 Å². The van der Waals surface area contributed by atoms with Gasteiger partial charge in [0.15, 0.2) is 0 Å². The van der Waals surface area contributed by atoms with Crippen molar-refractivity contribution in [3.05, 3.63) is 21.9 Å². The molecule has 1 fully saturated rings. The van der Waals surface area contributed by atoms with Gasteiger partial charge in [0, 0.05) is 18.3 Å². The molecule has 1 amide bonds. The van der Waals surface area contributed by atoms with Crippen LogP contribution in [0.2, 0.25) is 0 Å². The zero-order chi connectivity index (χ0) is 13.7. The molecule has 0 bridgehead atoms. The highest BCUT2D eigenvalue weighted by atomic mass is 32.1. The van der Waals surface area contributed by atoms with Crippen molar-refractivity contribution >= 4 is 17.2 Å². The summed E-state index contributed by atoms with van der Waals surface area (Å²) in [5, 5.41) is 2.10. The van der Waals surface area contributed by atoms with Gasteiger partial charge in [-0.05, 0) is 36.3 Å². The smallest absolute Gasteiger partial charge is 0.222 e. The van der Waals surface area contributed by atoms with Crippen LogP contribution in [0.3, 0.4) is 0 Å². The van der Waals surface area contributed by atoms with Crippen molar-refractivity contribution in [2.45, 2.75) is 58.4 Å². The van der Waals surface area contributed by atoms with E-state index in [2.05, 4.69) is 18.4 Å². The van der Waals surface area contributed by atoms with E-state index < -0.39 is 0 Å². The van der Waals surface area contributed by atoms with Gasteiger partial charge in [0.05, 0.1) is 6.54 Å². The Morgan fingerprint density at radius 3 is 2.74 bits per heavy atom. The van der Waals surface area contributed by atoms with Gasteiger partial charge in [0.2, 0.25) is 5.91 Å². The van der Waals surface area contributed by atoms with E-state index in [0.29, 0.717) is 5.91 Å². The van der Waals surface area contributed by atoms with Crippen LogP contribution in [0.4, 0.5) is 0 Å². The van der Waals surface area contributed by atoms with E-state index in [0.717, 1.165) is 25.3 Å². The van der Waals surface area contributed by atoms with Crippen LogP contribution >= 0.6 is 11.3 Å². The van der Waals surface area contributed by atoms with Crippen molar-refractivity contribution in [1.29, 1.82) is 0 Å². The molecule has 0 saturated heterocycles. The summed E-state index contributed by atoms with van der Waals surface area (Å²) in [5.74, 6) is 1.10. The molecule has 2 nitrogen and oxygen atoms in total. The number of rotatable bonds is 5. The number of aryl methyl sites for hydroxylation is 1. The van der Waals surface area contributed by atoms with Crippen molar-refractivity contribution in [2.24, 2.45) is 5.92 Å². The number of thiophene rings is 1. The maximum absolute atomic E-state index is 12.2. The minimum absolute atomic E-state index is 0.304. The summed E-state index contributed by atoms with van der Waals surface area (Å²) < 4.78 is 0. The van der Waals surface area contributed by atoms with Gasteiger partial charge in [-0.15, -0.1) is 11.3 Å². The standard InChI is InChI=1S/C16H25NOS/c1-13-10-11-19-15(13)12-17(2)16(18)9-8-14-6-4-3-5-7-14/h10-11,14H,3-9,12H2,1-2H3. The summed E-state index contributed by atoms with van der Waals surface area (Å²) in [6.07, 6.45) is 8.61. The first kappa shape index (κ1) is 14.6. The van der Waals surface area contributed by atoms with Crippen molar-refractivity contribution in [3.8, 4) is 0 Å². The molecule has 1 saturated carbocycles. The number of carbonyl (C=O) groups excluding carboxylic acids is 1. The molecular weight excluding hydrogens is 254 g/mol. The van der Waals surface area contributed by atoms with Crippen molar-refractivity contribution in [2.75, 3.05) is 7.05 Å². The fourth-order valence-electron chi connectivity index (χ4n) is 2.86. The molecule has 1 heterocycles. The van der Waals surface area contributed by atoms with Gasteiger partial charge in [-0.3, -0.25) is 4.79 Å². The quantitative estimate of drug-likeness (QED) is 0.783. The van der Waals surface area contributed by atoms with Crippen LogP contribution in [0.1, 0.15) is 55.4 Å². The van der Waals surface area contributed by atoms with Crippen LogP contribution in [0.15, 0.2) is 11.4 Å². The molecule has 0 atom stereocenters. The largest absolute Gasteiger partial charge is 0.341 e. The normalized spacial score (nSPS) is 16.5. The highest BCUT2D eigenvalue weighted by Crippen LogP contribution is 2.27. The van der Waals surface area contributed by atoms with Crippen molar-refractivity contribution in [3.63, 3.8) is 0 Å². The van der Waals surface area contributed by atoms with E-state index in [-0.39, 0.29) is 0 Å². The van der Waals surface area contributed by atoms with Crippen LogP contribution in [-0.2, 0) is 11.3 Å². The molecule has 1 aromatic rings. The van der Waals surface area contributed by atoms with Gasteiger partial charge in [-0.2, -0.15) is 0 Å². The Morgan fingerprint density at radius 2 is 2.11 bits per heavy atom. The van der Waals surface area contributed by atoms with Crippen LogP contribution < -0.4 is 0 Å². The molecular formula is C16H25NOS. The topological polar surface area (TPSA) is 20.3 Å². The third-order valence-corrected chi connectivity index (χ3v) is 5.27. The Hall–Kier alpha value is -0.830. The van der Waals surface area contributed by atoms with Gasteiger partial charge in [-0.25, -0.2) is 0 Å². The fraction of sp³-hybridized carbons (Fsp3) is 0.688. The molecule has 0 N–H and O–H groups in total. The molecule has 3 heteroatoms. The third kappa shape index (κ3) is 4.34. The minimum atomic E-state index is 0.304. The highest BCUT2D eigenvalue weighted by Gasteiger charge is 2.17. The lowest BCUT2D eigenvalue weighted by Gasteiger charge is -2.23. The number of hydrogen-bond acceptors (Lipinski definition) is 2. The Morgan fingerprint density at radius 1 is 1.37 bits per heavy atom. The monoisotopic (exact) mass is 279 g/mol. The number of hydrogen-bond donors (Lipinski definition) is 0. The summed E-state index contributed by atoms with van der Waals surface area (Å²) >= 11 is 1.75. The second-order valence-electron chi connectivity index (χ2n) is 5.82. The first-order valence-corrected chi connectivity index (χ1v) is 8.31. The van der Waals surface area contributed by atoms with Crippen molar-refractivity contribution in [1.82, 2.24) is 4.90 Å². The molecule has 19 heavy (non-hydrogen) atoms. The predicted octanol–water partition coefficient (Wildman–Crippen LogP) is 4.38. The summed E-state index contributed by atoms with van der Waals surface area (Å²) in [6, 6.07) is 2.13. The zero-order valence-corrected chi connectivity index (χ0v) is 13.0. The third-order valence-electron chi connectivity index (χ3n) is 4.27. The zero-order valence-electron chi connectivity index (χ0n) is 12.2. The van der Waals surface area contributed by atoms with Gasteiger partial charge in [-0.1, -0.05) is 32.1 Å². The summed E-state index contributed by atoms with van der Waals surface area (Å²) in [4.78, 5) is 15.4. The molecule has 1 aromatic heterocycles. The Bertz CT molecular complexity index is 407. The minimum Gasteiger partial charge on any atom is -0.341 e. The Labute approximate surface area is 120 Å². The van der Waals surface area contributed by atoms with E-state index in [1.807, 2.05) is 11.9 Å². The lowest BCUT2D eigenvalue weighted by atomic mass is 9.86. The number of amides is 1. The SMILES string of the molecule is Cc1ccsc1CN(C)C(=O)CCC1CCCCC1. The lowest BCUT2D eigenvalue weighted by Crippen LogP contribution is -2.26. The summed E-state index contributed by atoms with van der Waals surface area (Å²) in [5.41, 5.74) is 1.30. The first-order valence-electron chi connectivity index (χ1n) is 7.43. The average Bonchev–Trinajstić information content (AvgIpc) is 2.82. The summed E-state index contributed by atoms with van der Waals surface area (Å²) in [7, 11) is 1.93.